The summed E-state index contributed by atoms with van der Waals surface area (Å²) in [5.74, 6) is 1.82. The van der Waals surface area contributed by atoms with Crippen LogP contribution >= 0.6 is 0 Å². The number of nitrogens with zero attached hydrogens (tertiary/aromatic N) is 2. The molecule has 1 aliphatic heterocycles. The molecule has 1 amide bonds. The van der Waals surface area contributed by atoms with Crippen LogP contribution in [0.25, 0.3) is 11.1 Å². The zero-order chi connectivity index (χ0) is 20.2. The Labute approximate surface area is 170 Å². The smallest absolute Gasteiger partial charge is 0.237 e. The van der Waals surface area contributed by atoms with E-state index in [0.29, 0.717) is 6.54 Å². The topological polar surface area (TPSA) is 67.6 Å². The highest BCUT2D eigenvalue weighted by atomic mass is 16.5. The normalized spacial score (nSPS) is 18.5. The summed E-state index contributed by atoms with van der Waals surface area (Å²) >= 11 is 0. The number of rotatable bonds is 6. The van der Waals surface area contributed by atoms with Gasteiger partial charge in [-0.1, -0.05) is 24.3 Å². The summed E-state index contributed by atoms with van der Waals surface area (Å²) in [5.41, 5.74) is 2.74. The van der Waals surface area contributed by atoms with Gasteiger partial charge >= 0.3 is 0 Å². The molecule has 29 heavy (non-hydrogen) atoms. The second kappa shape index (κ2) is 8.66. The molecule has 152 valence electrons. The number of ether oxygens (including phenoxy) is 1. The Morgan fingerprint density at radius 1 is 1.31 bits per heavy atom. The summed E-state index contributed by atoms with van der Waals surface area (Å²) in [6, 6.07) is 15.4. The third-order valence-corrected chi connectivity index (χ3v) is 5.64. The fourth-order valence-electron chi connectivity index (χ4n) is 3.91. The molecule has 0 saturated carbocycles. The number of methoxy groups -OCH3 is 1. The lowest BCUT2D eigenvalue weighted by Crippen LogP contribution is -2.48. The minimum atomic E-state index is -0.201. The summed E-state index contributed by atoms with van der Waals surface area (Å²) in [4.78, 5) is 19.6. The first-order chi connectivity index (χ1) is 14.1. The average Bonchev–Trinajstić information content (AvgIpc) is 3.21. The lowest BCUT2D eigenvalue weighted by molar-refractivity contribution is -0.126. The SMILES string of the molecule is COc1cccc(CNC(=O)C(C)N2CCCC(c3nc4ccccc4o3)C2)c1. The van der Waals surface area contributed by atoms with Crippen LogP contribution in [0.4, 0.5) is 0 Å². The van der Waals surface area contributed by atoms with Crippen molar-refractivity contribution in [2.75, 3.05) is 20.2 Å². The van der Waals surface area contributed by atoms with Gasteiger partial charge in [-0.25, -0.2) is 4.98 Å². The number of nitrogens with one attached hydrogen (secondary N) is 1. The van der Waals surface area contributed by atoms with Crippen LogP contribution in [0.3, 0.4) is 0 Å². The van der Waals surface area contributed by atoms with E-state index in [1.807, 2.05) is 55.5 Å². The Hall–Kier alpha value is -2.86. The maximum absolute atomic E-state index is 12.7. The van der Waals surface area contributed by atoms with Crippen LogP contribution in [-0.2, 0) is 11.3 Å². The average molecular weight is 393 g/mol. The number of likely N-dealkylation sites (tertiary alicyclic amines) is 1. The van der Waals surface area contributed by atoms with Gasteiger partial charge in [0, 0.05) is 19.0 Å². The number of fused-ring (bicyclic) bond motifs is 1. The predicted octanol–water partition coefficient (Wildman–Crippen LogP) is 3.72. The Balaban J connectivity index is 1.37. The summed E-state index contributed by atoms with van der Waals surface area (Å²) in [6.45, 7) is 4.14. The van der Waals surface area contributed by atoms with Gasteiger partial charge in [0.2, 0.25) is 5.91 Å². The first kappa shape index (κ1) is 19.5. The molecule has 6 nitrogen and oxygen atoms in total. The number of aromatic nitrogens is 1. The number of amides is 1. The number of benzene rings is 2. The van der Waals surface area contributed by atoms with Crippen LogP contribution in [0.5, 0.6) is 5.75 Å². The van der Waals surface area contributed by atoms with E-state index in [1.54, 1.807) is 7.11 Å². The van der Waals surface area contributed by atoms with E-state index in [2.05, 4.69) is 15.2 Å². The Bertz CT molecular complexity index is 951. The molecular formula is C23H27N3O3. The van der Waals surface area contributed by atoms with Gasteiger partial charge in [-0.05, 0) is 56.1 Å². The van der Waals surface area contributed by atoms with E-state index >= 15 is 0 Å². The molecule has 4 rings (SSSR count). The number of carbonyl (C=O) groups is 1. The van der Waals surface area contributed by atoms with Crippen molar-refractivity contribution >= 4 is 17.0 Å². The molecular weight excluding hydrogens is 366 g/mol. The maximum atomic E-state index is 12.7. The highest BCUT2D eigenvalue weighted by Crippen LogP contribution is 2.29. The van der Waals surface area contributed by atoms with Crippen molar-refractivity contribution in [3.63, 3.8) is 0 Å². The lowest BCUT2D eigenvalue weighted by atomic mass is 9.96. The van der Waals surface area contributed by atoms with E-state index in [9.17, 15) is 4.79 Å². The lowest BCUT2D eigenvalue weighted by Gasteiger charge is -2.34. The van der Waals surface area contributed by atoms with Gasteiger partial charge in [-0.3, -0.25) is 9.69 Å². The first-order valence-electron chi connectivity index (χ1n) is 10.1. The van der Waals surface area contributed by atoms with Gasteiger partial charge in [0.1, 0.15) is 11.3 Å². The molecule has 0 bridgehead atoms. The molecule has 2 heterocycles. The summed E-state index contributed by atoms with van der Waals surface area (Å²) in [6.07, 6.45) is 2.05. The predicted molar refractivity (Wildman–Crippen MR) is 112 cm³/mol. The van der Waals surface area contributed by atoms with Gasteiger partial charge in [0.25, 0.3) is 0 Å². The summed E-state index contributed by atoms with van der Waals surface area (Å²) in [5, 5.41) is 3.05. The van der Waals surface area contributed by atoms with E-state index < -0.39 is 0 Å². The number of piperidine rings is 1. The van der Waals surface area contributed by atoms with Crippen molar-refractivity contribution in [3.05, 3.63) is 60.0 Å². The van der Waals surface area contributed by atoms with Crippen molar-refractivity contribution < 1.29 is 13.9 Å². The van der Waals surface area contributed by atoms with Crippen molar-refractivity contribution in [3.8, 4) is 5.75 Å². The highest BCUT2D eigenvalue weighted by molar-refractivity contribution is 5.81. The zero-order valence-corrected chi connectivity index (χ0v) is 16.9. The fourth-order valence-corrected chi connectivity index (χ4v) is 3.91. The second-order valence-corrected chi connectivity index (χ2v) is 7.60. The van der Waals surface area contributed by atoms with Crippen LogP contribution in [0.15, 0.2) is 52.9 Å². The summed E-state index contributed by atoms with van der Waals surface area (Å²) < 4.78 is 11.2. The Morgan fingerprint density at radius 2 is 2.17 bits per heavy atom. The quantitative estimate of drug-likeness (QED) is 0.691. The molecule has 1 aliphatic rings. The van der Waals surface area contributed by atoms with Gasteiger partial charge in [0.05, 0.1) is 13.2 Å². The number of hydrogen-bond acceptors (Lipinski definition) is 5. The fraction of sp³-hybridized carbons (Fsp3) is 0.391. The van der Waals surface area contributed by atoms with Crippen molar-refractivity contribution in [1.82, 2.24) is 15.2 Å². The molecule has 1 fully saturated rings. The molecule has 6 heteroatoms. The molecule has 0 spiro atoms. The standard InChI is InChI=1S/C23H27N3O3/c1-16(22(27)24-14-17-7-5-9-19(13-17)28-2)26-12-6-8-18(15-26)23-25-20-10-3-4-11-21(20)29-23/h3-5,7,9-11,13,16,18H,6,8,12,14-15H2,1-2H3,(H,24,27). The van der Waals surface area contributed by atoms with Crippen molar-refractivity contribution in [1.29, 1.82) is 0 Å². The highest BCUT2D eigenvalue weighted by Gasteiger charge is 2.30. The molecule has 1 saturated heterocycles. The maximum Gasteiger partial charge on any atom is 0.237 e. The van der Waals surface area contributed by atoms with Crippen LogP contribution in [0.1, 0.15) is 37.1 Å². The van der Waals surface area contributed by atoms with Crippen LogP contribution in [-0.4, -0.2) is 42.0 Å². The first-order valence-corrected chi connectivity index (χ1v) is 10.1. The van der Waals surface area contributed by atoms with Gasteiger partial charge < -0.3 is 14.5 Å². The van der Waals surface area contributed by atoms with E-state index in [0.717, 1.165) is 54.2 Å². The number of oxazole rings is 1. The molecule has 2 aromatic carbocycles. The second-order valence-electron chi connectivity index (χ2n) is 7.60. The molecule has 2 unspecified atom stereocenters. The number of hydrogen-bond donors (Lipinski definition) is 1. The van der Waals surface area contributed by atoms with E-state index in [4.69, 9.17) is 9.15 Å². The van der Waals surface area contributed by atoms with Crippen LogP contribution in [0, 0.1) is 0 Å². The molecule has 1 N–H and O–H groups in total. The zero-order valence-electron chi connectivity index (χ0n) is 16.9. The van der Waals surface area contributed by atoms with Crippen molar-refractivity contribution in [2.24, 2.45) is 0 Å². The Kier molecular flexibility index (Phi) is 5.81. The van der Waals surface area contributed by atoms with Gasteiger partial charge in [-0.15, -0.1) is 0 Å². The largest absolute Gasteiger partial charge is 0.497 e. The van der Waals surface area contributed by atoms with Gasteiger partial charge in [-0.2, -0.15) is 0 Å². The minimum absolute atomic E-state index is 0.0334. The third-order valence-electron chi connectivity index (χ3n) is 5.64. The number of para-hydroxylation sites is 2. The monoisotopic (exact) mass is 393 g/mol. The molecule has 2 atom stereocenters. The van der Waals surface area contributed by atoms with Gasteiger partial charge in [0.15, 0.2) is 11.5 Å². The minimum Gasteiger partial charge on any atom is -0.497 e. The van der Waals surface area contributed by atoms with Crippen LogP contribution < -0.4 is 10.1 Å². The summed E-state index contributed by atoms with van der Waals surface area (Å²) in [7, 11) is 1.64. The van der Waals surface area contributed by atoms with E-state index in [1.165, 1.54) is 0 Å². The van der Waals surface area contributed by atoms with Crippen LogP contribution in [0.2, 0.25) is 0 Å². The molecule has 0 aliphatic carbocycles. The van der Waals surface area contributed by atoms with Crippen molar-refractivity contribution in [2.45, 2.75) is 38.3 Å². The Morgan fingerprint density at radius 3 is 3.00 bits per heavy atom. The van der Waals surface area contributed by atoms with E-state index in [-0.39, 0.29) is 17.9 Å². The number of carbonyl (C=O) groups excluding carboxylic acids is 1. The molecule has 0 radical (unpaired) electrons. The third kappa shape index (κ3) is 4.43. The molecule has 3 aromatic rings. The molecule has 1 aromatic heterocycles.